The van der Waals surface area contributed by atoms with E-state index >= 15 is 0 Å². The quantitative estimate of drug-likeness (QED) is 0.803. The first-order valence-electron chi connectivity index (χ1n) is 6.49. The summed E-state index contributed by atoms with van der Waals surface area (Å²) in [5.41, 5.74) is 7.18. The van der Waals surface area contributed by atoms with Gasteiger partial charge in [-0.05, 0) is 32.9 Å². The Morgan fingerprint density at radius 3 is 2.50 bits per heavy atom. The van der Waals surface area contributed by atoms with Crippen LogP contribution in [0.4, 0.5) is 0 Å². The van der Waals surface area contributed by atoms with Crippen molar-refractivity contribution in [2.45, 2.75) is 38.9 Å². The smallest absolute Gasteiger partial charge is 0.0673 e. The molecule has 4 nitrogen and oxygen atoms in total. The van der Waals surface area contributed by atoms with Crippen molar-refractivity contribution in [3.8, 4) is 0 Å². The van der Waals surface area contributed by atoms with Crippen molar-refractivity contribution in [3.63, 3.8) is 0 Å². The Labute approximate surface area is 110 Å². The third kappa shape index (κ3) is 4.05. The summed E-state index contributed by atoms with van der Waals surface area (Å²) in [6.45, 7) is 7.94. The summed E-state index contributed by atoms with van der Waals surface area (Å²) >= 11 is 0. The Morgan fingerprint density at radius 1 is 1.33 bits per heavy atom. The number of ether oxygens (including phenoxy) is 1. The zero-order valence-corrected chi connectivity index (χ0v) is 11.8. The summed E-state index contributed by atoms with van der Waals surface area (Å²) in [4.78, 5) is 6.79. The molecule has 0 bridgehead atoms. The number of hydrogen-bond acceptors (Lipinski definition) is 4. The summed E-state index contributed by atoms with van der Waals surface area (Å²) in [5, 5.41) is 0. The SMILES string of the molecule is COCCN(C(C)C)C(c1ccccn1)C(C)N. The number of pyridine rings is 1. The Hall–Kier alpha value is -0.970. The molecule has 0 spiro atoms. The molecule has 4 heteroatoms. The fourth-order valence-electron chi connectivity index (χ4n) is 2.21. The minimum atomic E-state index is 0.0270. The van der Waals surface area contributed by atoms with Gasteiger partial charge in [-0.3, -0.25) is 9.88 Å². The Bertz CT molecular complexity index is 327. The molecule has 0 radical (unpaired) electrons. The summed E-state index contributed by atoms with van der Waals surface area (Å²) < 4.78 is 5.19. The first kappa shape index (κ1) is 15.1. The molecule has 1 heterocycles. The van der Waals surface area contributed by atoms with Gasteiger partial charge in [0, 0.05) is 31.9 Å². The van der Waals surface area contributed by atoms with Crippen LogP contribution >= 0.6 is 0 Å². The first-order valence-corrected chi connectivity index (χ1v) is 6.49. The number of aromatic nitrogens is 1. The zero-order valence-electron chi connectivity index (χ0n) is 11.8. The maximum atomic E-state index is 6.16. The molecule has 0 aliphatic rings. The monoisotopic (exact) mass is 251 g/mol. The number of nitrogens with two attached hydrogens (primary N) is 1. The highest BCUT2D eigenvalue weighted by Gasteiger charge is 2.26. The first-order chi connectivity index (χ1) is 8.57. The van der Waals surface area contributed by atoms with E-state index in [0.29, 0.717) is 12.6 Å². The maximum Gasteiger partial charge on any atom is 0.0673 e. The molecule has 0 aliphatic carbocycles. The molecule has 0 saturated carbocycles. The highest BCUT2D eigenvalue weighted by Crippen LogP contribution is 2.23. The average molecular weight is 251 g/mol. The van der Waals surface area contributed by atoms with Gasteiger partial charge in [-0.15, -0.1) is 0 Å². The van der Waals surface area contributed by atoms with Gasteiger partial charge in [0.2, 0.25) is 0 Å². The fraction of sp³-hybridized carbons (Fsp3) is 0.643. The third-order valence-corrected chi connectivity index (χ3v) is 3.06. The van der Waals surface area contributed by atoms with Gasteiger partial charge >= 0.3 is 0 Å². The molecule has 2 atom stereocenters. The van der Waals surface area contributed by atoms with E-state index in [1.165, 1.54) is 0 Å². The molecule has 1 aromatic heterocycles. The van der Waals surface area contributed by atoms with Gasteiger partial charge in [-0.1, -0.05) is 6.07 Å². The van der Waals surface area contributed by atoms with E-state index in [4.69, 9.17) is 10.5 Å². The average Bonchev–Trinajstić information content (AvgIpc) is 2.34. The highest BCUT2D eigenvalue weighted by atomic mass is 16.5. The van der Waals surface area contributed by atoms with E-state index in [2.05, 4.69) is 23.7 Å². The molecule has 1 aromatic rings. The molecule has 18 heavy (non-hydrogen) atoms. The van der Waals surface area contributed by atoms with Crippen molar-refractivity contribution in [2.75, 3.05) is 20.3 Å². The van der Waals surface area contributed by atoms with Gasteiger partial charge in [0.15, 0.2) is 0 Å². The summed E-state index contributed by atoms with van der Waals surface area (Å²) in [5.74, 6) is 0. The van der Waals surface area contributed by atoms with E-state index in [-0.39, 0.29) is 12.1 Å². The van der Waals surface area contributed by atoms with Crippen LogP contribution < -0.4 is 5.73 Å². The van der Waals surface area contributed by atoms with Crippen molar-refractivity contribution in [3.05, 3.63) is 30.1 Å². The fourth-order valence-corrected chi connectivity index (χ4v) is 2.21. The van der Waals surface area contributed by atoms with Gasteiger partial charge in [-0.25, -0.2) is 0 Å². The summed E-state index contributed by atoms with van der Waals surface area (Å²) in [7, 11) is 1.72. The van der Waals surface area contributed by atoms with Crippen LogP contribution in [0, 0.1) is 0 Å². The van der Waals surface area contributed by atoms with Crippen molar-refractivity contribution in [1.29, 1.82) is 0 Å². The largest absolute Gasteiger partial charge is 0.383 e. The topological polar surface area (TPSA) is 51.4 Å². The second kappa shape index (κ2) is 7.46. The molecule has 2 unspecified atom stereocenters. The van der Waals surface area contributed by atoms with E-state index in [9.17, 15) is 0 Å². The second-order valence-corrected chi connectivity index (χ2v) is 4.88. The lowest BCUT2D eigenvalue weighted by molar-refractivity contribution is 0.0846. The Kier molecular flexibility index (Phi) is 6.25. The predicted octanol–water partition coefficient (Wildman–Crippen LogP) is 1.83. The van der Waals surface area contributed by atoms with Crippen LogP contribution in [0.2, 0.25) is 0 Å². The molecule has 2 N–H and O–H groups in total. The Morgan fingerprint density at radius 2 is 2.06 bits per heavy atom. The molecule has 1 rings (SSSR count). The van der Waals surface area contributed by atoms with E-state index in [1.807, 2.05) is 31.3 Å². The zero-order chi connectivity index (χ0) is 13.5. The molecule has 102 valence electrons. The van der Waals surface area contributed by atoms with Crippen LogP contribution in [0.15, 0.2) is 24.4 Å². The van der Waals surface area contributed by atoms with Crippen molar-refractivity contribution >= 4 is 0 Å². The molecule has 0 fully saturated rings. The lowest BCUT2D eigenvalue weighted by Crippen LogP contribution is -2.45. The molecule has 0 aromatic carbocycles. The lowest BCUT2D eigenvalue weighted by atomic mass is 10.0. The van der Waals surface area contributed by atoms with Crippen LogP contribution in [0.25, 0.3) is 0 Å². The molecule has 0 amide bonds. The molecular formula is C14H25N3O. The predicted molar refractivity (Wildman–Crippen MR) is 74.3 cm³/mol. The van der Waals surface area contributed by atoms with Crippen LogP contribution in [0.5, 0.6) is 0 Å². The third-order valence-electron chi connectivity index (χ3n) is 3.06. The van der Waals surface area contributed by atoms with Gasteiger partial charge in [0.05, 0.1) is 18.3 Å². The highest BCUT2D eigenvalue weighted by molar-refractivity contribution is 5.11. The normalized spacial score (nSPS) is 15.1. The van der Waals surface area contributed by atoms with E-state index in [1.54, 1.807) is 7.11 Å². The van der Waals surface area contributed by atoms with Crippen LogP contribution in [0.1, 0.15) is 32.5 Å². The summed E-state index contributed by atoms with van der Waals surface area (Å²) in [6, 6.07) is 6.53. The molecule has 0 saturated heterocycles. The van der Waals surface area contributed by atoms with Crippen molar-refractivity contribution in [1.82, 2.24) is 9.88 Å². The molecular weight excluding hydrogens is 226 g/mol. The minimum Gasteiger partial charge on any atom is -0.383 e. The van der Waals surface area contributed by atoms with Crippen LogP contribution in [-0.2, 0) is 4.74 Å². The van der Waals surface area contributed by atoms with Gasteiger partial charge in [0.25, 0.3) is 0 Å². The van der Waals surface area contributed by atoms with Crippen molar-refractivity contribution in [2.24, 2.45) is 5.73 Å². The van der Waals surface area contributed by atoms with Gasteiger partial charge in [0.1, 0.15) is 0 Å². The van der Waals surface area contributed by atoms with Crippen molar-refractivity contribution < 1.29 is 4.74 Å². The maximum absolute atomic E-state index is 6.16. The van der Waals surface area contributed by atoms with Gasteiger partial charge in [-0.2, -0.15) is 0 Å². The van der Waals surface area contributed by atoms with Crippen LogP contribution in [0.3, 0.4) is 0 Å². The van der Waals surface area contributed by atoms with E-state index in [0.717, 1.165) is 12.2 Å². The minimum absolute atomic E-state index is 0.0270. The molecule has 0 aliphatic heterocycles. The second-order valence-electron chi connectivity index (χ2n) is 4.88. The summed E-state index contributed by atoms with van der Waals surface area (Å²) in [6.07, 6.45) is 1.82. The lowest BCUT2D eigenvalue weighted by Gasteiger charge is -2.36. The number of rotatable bonds is 7. The van der Waals surface area contributed by atoms with Gasteiger partial charge < -0.3 is 10.5 Å². The number of nitrogens with zero attached hydrogens (tertiary/aromatic N) is 2. The van der Waals surface area contributed by atoms with E-state index < -0.39 is 0 Å². The number of methoxy groups -OCH3 is 1. The number of hydrogen-bond donors (Lipinski definition) is 1. The standard InChI is InChI=1S/C14H25N3O/c1-11(2)17(9-10-18-4)14(12(3)15)13-7-5-6-8-16-13/h5-8,11-12,14H,9-10,15H2,1-4H3. The Balaban J connectivity index is 2.94. The van der Waals surface area contributed by atoms with Crippen LogP contribution in [-0.4, -0.2) is 42.2 Å².